The fourth-order valence-electron chi connectivity index (χ4n) is 3.83. The molecule has 0 atom stereocenters. The number of rotatable bonds is 7. The van der Waals surface area contributed by atoms with Gasteiger partial charge in [-0.25, -0.2) is 13.4 Å². The quantitative estimate of drug-likeness (QED) is 0.630. The molecule has 4 rings (SSSR count). The van der Waals surface area contributed by atoms with Crippen LogP contribution < -0.4 is 5.32 Å². The molecule has 1 aromatic heterocycles. The molecule has 0 bridgehead atoms. The van der Waals surface area contributed by atoms with Crippen molar-refractivity contribution in [3.05, 3.63) is 59.9 Å². The van der Waals surface area contributed by atoms with Crippen molar-refractivity contribution >= 4 is 27.0 Å². The van der Waals surface area contributed by atoms with E-state index in [4.69, 9.17) is 0 Å². The molecule has 30 heavy (non-hydrogen) atoms. The van der Waals surface area contributed by atoms with Gasteiger partial charge in [-0.2, -0.15) is 4.31 Å². The van der Waals surface area contributed by atoms with Gasteiger partial charge >= 0.3 is 0 Å². The average Bonchev–Trinajstić information content (AvgIpc) is 3.42. The second-order valence-electron chi connectivity index (χ2n) is 7.49. The molecule has 1 aliphatic rings. The van der Waals surface area contributed by atoms with Gasteiger partial charge in [0.2, 0.25) is 15.9 Å². The van der Waals surface area contributed by atoms with Crippen LogP contribution in [0.5, 0.6) is 0 Å². The highest BCUT2D eigenvalue weighted by atomic mass is 32.2. The highest BCUT2D eigenvalue weighted by Gasteiger charge is 2.26. The summed E-state index contributed by atoms with van der Waals surface area (Å²) >= 11 is 0. The summed E-state index contributed by atoms with van der Waals surface area (Å²) in [6.45, 7) is 3.74. The van der Waals surface area contributed by atoms with E-state index >= 15 is 0 Å². The maximum absolute atomic E-state index is 12.6. The number of aryl methyl sites for hydroxylation is 1. The predicted octanol–water partition coefficient (Wildman–Crippen LogP) is 2.70. The van der Waals surface area contributed by atoms with Gasteiger partial charge in [0.1, 0.15) is 12.4 Å². The molecular formula is C22H26N4O3S. The molecule has 1 fully saturated rings. The summed E-state index contributed by atoms with van der Waals surface area (Å²) in [5, 5.41) is 2.92. The zero-order chi connectivity index (χ0) is 21.1. The fourth-order valence-corrected chi connectivity index (χ4v) is 5.35. The molecule has 158 valence electrons. The number of hydrogen-bond acceptors (Lipinski definition) is 4. The Bertz CT molecular complexity index is 1150. The molecule has 7 nitrogen and oxygen atoms in total. The van der Waals surface area contributed by atoms with Gasteiger partial charge in [0.25, 0.3) is 0 Å². The molecule has 1 saturated heterocycles. The normalized spacial score (nSPS) is 15.0. The third-order valence-corrected chi connectivity index (χ3v) is 7.38. The molecule has 1 amide bonds. The van der Waals surface area contributed by atoms with Crippen LogP contribution in [-0.4, -0.2) is 41.3 Å². The van der Waals surface area contributed by atoms with Crippen molar-refractivity contribution < 1.29 is 13.2 Å². The first-order valence-electron chi connectivity index (χ1n) is 10.3. The minimum Gasteiger partial charge on any atom is -0.350 e. The summed E-state index contributed by atoms with van der Waals surface area (Å²) in [7, 11) is -3.41. The van der Waals surface area contributed by atoms with Crippen LogP contribution in [0.15, 0.2) is 53.4 Å². The van der Waals surface area contributed by atoms with E-state index in [9.17, 15) is 13.2 Å². The Kier molecular flexibility index (Phi) is 5.87. The smallest absolute Gasteiger partial charge is 0.243 e. The van der Waals surface area contributed by atoms with E-state index in [1.165, 1.54) is 4.31 Å². The number of aromatic nitrogens is 2. The Morgan fingerprint density at radius 1 is 1.07 bits per heavy atom. The van der Waals surface area contributed by atoms with Crippen LogP contribution in [0.1, 0.15) is 31.2 Å². The average molecular weight is 427 g/mol. The molecule has 1 aliphatic heterocycles. The van der Waals surface area contributed by atoms with Crippen molar-refractivity contribution in [2.75, 3.05) is 13.1 Å². The summed E-state index contributed by atoms with van der Waals surface area (Å²) in [5.74, 6) is 0.768. The van der Waals surface area contributed by atoms with Gasteiger partial charge in [-0.1, -0.05) is 31.2 Å². The SMILES string of the molecule is CCc1nc2ccccc2n1CC(=O)NCc1ccc(S(=O)(=O)N2CCCC2)cc1. The van der Waals surface area contributed by atoms with Gasteiger partial charge in [-0.15, -0.1) is 0 Å². The fraction of sp³-hybridized carbons (Fsp3) is 0.364. The Labute approximate surface area is 176 Å². The monoisotopic (exact) mass is 426 g/mol. The summed E-state index contributed by atoms with van der Waals surface area (Å²) in [6.07, 6.45) is 2.57. The van der Waals surface area contributed by atoms with Crippen molar-refractivity contribution in [2.24, 2.45) is 0 Å². The number of hydrogen-bond donors (Lipinski definition) is 1. The van der Waals surface area contributed by atoms with Crippen LogP contribution in [0.4, 0.5) is 0 Å². The maximum Gasteiger partial charge on any atom is 0.243 e. The number of nitrogens with one attached hydrogen (secondary N) is 1. The minimum absolute atomic E-state index is 0.110. The molecule has 2 heterocycles. The van der Waals surface area contributed by atoms with E-state index < -0.39 is 10.0 Å². The second-order valence-corrected chi connectivity index (χ2v) is 9.43. The lowest BCUT2D eigenvalue weighted by Crippen LogP contribution is -2.28. The minimum atomic E-state index is -3.41. The van der Waals surface area contributed by atoms with Crippen LogP contribution in [0.2, 0.25) is 0 Å². The Hall–Kier alpha value is -2.71. The summed E-state index contributed by atoms with van der Waals surface area (Å²) in [5.41, 5.74) is 2.69. The van der Waals surface area contributed by atoms with Crippen LogP contribution in [0, 0.1) is 0 Å². The second kappa shape index (κ2) is 8.57. The topological polar surface area (TPSA) is 84.3 Å². The summed E-state index contributed by atoms with van der Waals surface area (Å²) < 4.78 is 28.7. The van der Waals surface area contributed by atoms with Crippen molar-refractivity contribution in [1.29, 1.82) is 0 Å². The molecule has 0 unspecified atom stereocenters. The highest BCUT2D eigenvalue weighted by Crippen LogP contribution is 2.21. The van der Waals surface area contributed by atoms with E-state index in [0.717, 1.165) is 41.7 Å². The summed E-state index contributed by atoms with van der Waals surface area (Å²) in [6, 6.07) is 14.5. The van der Waals surface area contributed by atoms with E-state index in [-0.39, 0.29) is 12.5 Å². The van der Waals surface area contributed by atoms with Gasteiger partial charge < -0.3 is 9.88 Å². The predicted molar refractivity (Wildman–Crippen MR) is 115 cm³/mol. The lowest BCUT2D eigenvalue weighted by atomic mass is 10.2. The van der Waals surface area contributed by atoms with E-state index in [1.54, 1.807) is 24.3 Å². The standard InChI is InChI=1S/C22H26N4O3S/c1-2-21-24-19-7-3-4-8-20(19)26(21)16-22(27)23-15-17-9-11-18(12-10-17)30(28,29)25-13-5-6-14-25/h3-4,7-12H,2,5-6,13-16H2,1H3,(H,23,27). The lowest BCUT2D eigenvalue weighted by Gasteiger charge is -2.15. The van der Waals surface area contributed by atoms with Crippen LogP contribution in [0.3, 0.4) is 0 Å². The van der Waals surface area contributed by atoms with Gasteiger partial charge in [0.05, 0.1) is 15.9 Å². The van der Waals surface area contributed by atoms with Gasteiger partial charge in [-0.3, -0.25) is 4.79 Å². The first kappa shape index (κ1) is 20.6. The molecule has 0 saturated carbocycles. The highest BCUT2D eigenvalue weighted by molar-refractivity contribution is 7.89. The number of nitrogens with zero attached hydrogens (tertiary/aromatic N) is 3. The number of carbonyl (C=O) groups is 1. The molecule has 0 radical (unpaired) electrons. The Morgan fingerprint density at radius 2 is 1.77 bits per heavy atom. The van der Waals surface area contributed by atoms with Gasteiger partial charge in [-0.05, 0) is 42.7 Å². The number of carbonyl (C=O) groups excluding carboxylic acids is 1. The van der Waals surface area contributed by atoms with Gasteiger partial charge in [0, 0.05) is 26.1 Å². The lowest BCUT2D eigenvalue weighted by molar-refractivity contribution is -0.121. The molecular weight excluding hydrogens is 400 g/mol. The third-order valence-electron chi connectivity index (χ3n) is 5.47. The van der Waals surface area contributed by atoms with Crippen LogP contribution in [0.25, 0.3) is 11.0 Å². The van der Waals surface area contributed by atoms with Crippen LogP contribution in [-0.2, 0) is 34.3 Å². The number of imidazole rings is 1. The molecule has 8 heteroatoms. The molecule has 3 aromatic rings. The first-order chi connectivity index (χ1) is 14.5. The maximum atomic E-state index is 12.6. The molecule has 0 aliphatic carbocycles. The third kappa shape index (κ3) is 4.11. The number of sulfonamides is 1. The molecule has 0 spiro atoms. The number of amides is 1. The van der Waals surface area contributed by atoms with Gasteiger partial charge in [0.15, 0.2) is 0 Å². The van der Waals surface area contributed by atoms with Crippen molar-refractivity contribution in [3.8, 4) is 0 Å². The Morgan fingerprint density at radius 3 is 2.47 bits per heavy atom. The van der Waals surface area contributed by atoms with E-state index in [1.807, 2.05) is 35.8 Å². The van der Waals surface area contributed by atoms with Crippen molar-refractivity contribution in [2.45, 2.75) is 44.2 Å². The Balaban J connectivity index is 1.40. The number of para-hydroxylation sites is 2. The van der Waals surface area contributed by atoms with Crippen molar-refractivity contribution in [1.82, 2.24) is 19.2 Å². The van der Waals surface area contributed by atoms with E-state index in [2.05, 4.69) is 10.3 Å². The largest absolute Gasteiger partial charge is 0.350 e. The number of fused-ring (bicyclic) bond motifs is 1. The zero-order valence-corrected chi connectivity index (χ0v) is 17.9. The van der Waals surface area contributed by atoms with Crippen molar-refractivity contribution in [3.63, 3.8) is 0 Å². The molecule has 1 N–H and O–H groups in total. The zero-order valence-electron chi connectivity index (χ0n) is 17.0. The number of benzene rings is 2. The summed E-state index contributed by atoms with van der Waals surface area (Å²) in [4.78, 5) is 17.4. The van der Waals surface area contributed by atoms with E-state index in [0.29, 0.717) is 24.5 Å². The molecule has 2 aromatic carbocycles. The first-order valence-corrected chi connectivity index (χ1v) is 11.7. The van der Waals surface area contributed by atoms with Crippen LogP contribution >= 0.6 is 0 Å².